The van der Waals surface area contributed by atoms with Gasteiger partial charge in [0, 0.05) is 12.4 Å². The molecule has 0 saturated heterocycles. The van der Waals surface area contributed by atoms with E-state index in [0.717, 1.165) is 5.56 Å². The lowest BCUT2D eigenvalue weighted by atomic mass is 10.1. The first-order chi connectivity index (χ1) is 8.24. The van der Waals surface area contributed by atoms with Gasteiger partial charge >= 0.3 is 0 Å². The maximum absolute atomic E-state index is 6.19. The smallest absolute Gasteiger partial charge is 0.149 e. The Morgan fingerprint density at radius 3 is 2.47 bits per heavy atom. The van der Waals surface area contributed by atoms with Crippen LogP contribution in [0.2, 0.25) is 10.0 Å². The molecule has 1 aromatic carbocycles. The summed E-state index contributed by atoms with van der Waals surface area (Å²) in [7, 11) is 1.83. The van der Waals surface area contributed by atoms with Crippen molar-refractivity contribution < 1.29 is 0 Å². The highest BCUT2D eigenvalue weighted by Crippen LogP contribution is 2.31. The zero-order valence-electron chi connectivity index (χ0n) is 9.19. The molecule has 88 valence electrons. The maximum atomic E-state index is 6.19. The van der Waals surface area contributed by atoms with Gasteiger partial charge in [-0.15, -0.1) is 0 Å². The molecular weight excluding hydrogens is 257 g/mol. The molecule has 5 heteroatoms. The first kappa shape index (κ1) is 12.3. The van der Waals surface area contributed by atoms with Gasteiger partial charge in [0.15, 0.2) is 0 Å². The number of rotatable bonds is 3. The summed E-state index contributed by atoms with van der Waals surface area (Å²) in [6, 6.07) is 7.13. The molecule has 1 unspecified atom stereocenters. The van der Waals surface area contributed by atoms with Crippen molar-refractivity contribution in [3.05, 3.63) is 58.1 Å². The molecule has 17 heavy (non-hydrogen) atoms. The molecule has 3 nitrogen and oxygen atoms in total. The van der Waals surface area contributed by atoms with Gasteiger partial charge in [0.25, 0.3) is 0 Å². The zero-order valence-corrected chi connectivity index (χ0v) is 10.7. The number of halogens is 2. The summed E-state index contributed by atoms with van der Waals surface area (Å²) in [5, 5.41) is 4.19. The summed E-state index contributed by atoms with van der Waals surface area (Å²) >= 11 is 12.2. The van der Waals surface area contributed by atoms with Crippen LogP contribution in [0.15, 0.2) is 36.7 Å². The Morgan fingerprint density at radius 2 is 1.82 bits per heavy atom. The molecule has 1 aromatic heterocycles. The van der Waals surface area contributed by atoms with E-state index in [9.17, 15) is 0 Å². The van der Waals surface area contributed by atoms with Crippen molar-refractivity contribution in [2.24, 2.45) is 0 Å². The minimum absolute atomic E-state index is 0.164. The SMILES string of the molecule is CNC(c1ncccn1)c1cccc(Cl)c1Cl. The Morgan fingerprint density at radius 1 is 1.12 bits per heavy atom. The third-order valence-corrected chi connectivity index (χ3v) is 3.26. The van der Waals surface area contributed by atoms with Gasteiger partial charge in [0.05, 0.1) is 16.1 Å². The Labute approximate surface area is 110 Å². The van der Waals surface area contributed by atoms with E-state index in [4.69, 9.17) is 23.2 Å². The molecule has 0 aliphatic rings. The van der Waals surface area contributed by atoms with E-state index in [1.54, 1.807) is 24.5 Å². The van der Waals surface area contributed by atoms with Crippen molar-refractivity contribution in [3.63, 3.8) is 0 Å². The van der Waals surface area contributed by atoms with Crippen LogP contribution >= 0.6 is 23.2 Å². The molecule has 1 heterocycles. The van der Waals surface area contributed by atoms with Crippen LogP contribution in [0.25, 0.3) is 0 Å². The number of benzene rings is 1. The van der Waals surface area contributed by atoms with E-state index in [-0.39, 0.29) is 6.04 Å². The van der Waals surface area contributed by atoms with Crippen LogP contribution < -0.4 is 5.32 Å². The fraction of sp³-hybridized carbons (Fsp3) is 0.167. The van der Waals surface area contributed by atoms with Crippen LogP contribution in [0.5, 0.6) is 0 Å². The topological polar surface area (TPSA) is 37.8 Å². The number of hydrogen-bond donors (Lipinski definition) is 1. The highest BCUT2D eigenvalue weighted by Gasteiger charge is 2.18. The van der Waals surface area contributed by atoms with E-state index < -0.39 is 0 Å². The molecule has 1 N–H and O–H groups in total. The van der Waals surface area contributed by atoms with Crippen LogP contribution in [-0.4, -0.2) is 17.0 Å². The highest BCUT2D eigenvalue weighted by atomic mass is 35.5. The fourth-order valence-electron chi connectivity index (χ4n) is 1.63. The van der Waals surface area contributed by atoms with E-state index >= 15 is 0 Å². The molecule has 1 atom stereocenters. The number of aromatic nitrogens is 2. The quantitative estimate of drug-likeness (QED) is 0.929. The Hall–Kier alpha value is -1.16. The van der Waals surface area contributed by atoms with Crippen LogP contribution in [-0.2, 0) is 0 Å². The molecule has 0 spiro atoms. The van der Waals surface area contributed by atoms with E-state index in [1.807, 2.05) is 19.2 Å². The molecule has 2 aromatic rings. The minimum atomic E-state index is -0.164. The predicted octanol–water partition coefficient (Wildman–Crippen LogP) is 3.09. The van der Waals surface area contributed by atoms with Gasteiger partial charge in [-0.25, -0.2) is 9.97 Å². The maximum Gasteiger partial charge on any atom is 0.149 e. The molecular formula is C12H11Cl2N3. The number of nitrogens with zero attached hydrogens (tertiary/aromatic N) is 2. The summed E-state index contributed by atoms with van der Waals surface area (Å²) in [6.07, 6.45) is 3.40. The van der Waals surface area contributed by atoms with Crippen molar-refractivity contribution >= 4 is 23.2 Å². The zero-order chi connectivity index (χ0) is 12.3. The Balaban J connectivity index is 2.46. The molecule has 0 saturated carbocycles. The molecule has 0 radical (unpaired) electrons. The summed E-state index contributed by atoms with van der Waals surface area (Å²) in [4.78, 5) is 8.44. The predicted molar refractivity (Wildman–Crippen MR) is 69.4 cm³/mol. The lowest BCUT2D eigenvalue weighted by Crippen LogP contribution is -2.20. The van der Waals surface area contributed by atoms with Gasteiger partial charge < -0.3 is 5.32 Å². The molecule has 0 fully saturated rings. The number of hydrogen-bond acceptors (Lipinski definition) is 3. The van der Waals surface area contributed by atoms with Gasteiger partial charge in [-0.2, -0.15) is 0 Å². The Kier molecular flexibility index (Phi) is 3.94. The monoisotopic (exact) mass is 267 g/mol. The fourth-order valence-corrected chi connectivity index (χ4v) is 2.04. The van der Waals surface area contributed by atoms with E-state index in [0.29, 0.717) is 15.9 Å². The van der Waals surface area contributed by atoms with Crippen molar-refractivity contribution in [3.8, 4) is 0 Å². The largest absolute Gasteiger partial charge is 0.307 e. The van der Waals surface area contributed by atoms with E-state index in [2.05, 4.69) is 15.3 Å². The molecule has 2 rings (SSSR count). The van der Waals surface area contributed by atoms with Crippen molar-refractivity contribution in [2.75, 3.05) is 7.05 Å². The van der Waals surface area contributed by atoms with E-state index in [1.165, 1.54) is 0 Å². The highest BCUT2D eigenvalue weighted by molar-refractivity contribution is 6.42. The standard InChI is InChI=1S/C12H11Cl2N3/c1-15-11(12-16-6-3-7-17-12)8-4-2-5-9(13)10(8)14/h2-7,11,15H,1H3. The molecule has 0 aliphatic carbocycles. The minimum Gasteiger partial charge on any atom is -0.307 e. The third-order valence-electron chi connectivity index (χ3n) is 2.43. The molecule has 0 aliphatic heterocycles. The van der Waals surface area contributed by atoms with Crippen LogP contribution in [0.1, 0.15) is 17.4 Å². The van der Waals surface area contributed by atoms with Crippen LogP contribution in [0, 0.1) is 0 Å². The second-order valence-corrected chi connectivity index (χ2v) is 4.26. The first-order valence-electron chi connectivity index (χ1n) is 5.12. The van der Waals surface area contributed by atoms with Crippen LogP contribution in [0.3, 0.4) is 0 Å². The summed E-state index contributed by atoms with van der Waals surface area (Å²) in [5.74, 6) is 0.666. The summed E-state index contributed by atoms with van der Waals surface area (Å²) in [6.45, 7) is 0. The third kappa shape index (κ3) is 2.57. The Bertz CT molecular complexity index is 502. The average molecular weight is 268 g/mol. The number of nitrogens with one attached hydrogen (secondary N) is 1. The normalized spacial score (nSPS) is 12.4. The summed E-state index contributed by atoms with van der Waals surface area (Å²) in [5.41, 5.74) is 0.868. The first-order valence-corrected chi connectivity index (χ1v) is 5.87. The van der Waals surface area contributed by atoms with Crippen LogP contribution in [0.4, 0.5) is 0 Å². The van der Waals surface area contributed by atoms with Crippen molar-refractivity contribution in [1.29, 1.82) is 0 Å². The second-order valence-electron chi connectivity index (χ2n) is 3.47. The van der Waals surface area contributed by atoms with Gasteiger partial charge in [-0.05, 0) is 24.7 Å². The molecule has 0 bridgehead atoms. The van der Waals surface area contributed by atoms with Gasteiger partial charge in [-0.3, -0.25) is 0 Å². The van der Waals surface area contributed by atoms with Gasteiger partial charge in [0.2, 0.25) is 0 Å². The lowest BCUT2D eigenvalue weighted by molar-refractivity contribution is 0.646. The van der Waals surface area contributed by atoms with Gasteiger partial charge in [-0.1, -0.05) is 35.3 Å². The van der Waals surface area contributed by atoms with Gasteiger partial charge in [0.1, 0.15) is 5.82 Å². The van der Waals surface area contributed by atoms with Crippen molar-refractivity contribution in [1.82, 2.24) is 15.3 Å². The second kappa shape index (κ2) is 5.45. The lowest BCUT2D eigenvalue weighted by Gasteiger charge is -2.16. The molecule has 0 amide bonds. The van der Waals surface area contributed by atoms with Crippen molar-refractivity contribution in [2.45, 2.75) is 6.04 Å². The average Bonchev–Trinajstić information content (AvgIpc) is 2.37. The summed E-state index contributed by atoms with van der Waals surface area (Å²) < 4.78 is 0.